The molecule has 0 aromatic heterocycles. The van der Waals surface area contributed by atoms with Crippen LogP contribution in [0.2, 0.25) is 0 Å². The lowest BCUT2D eigenvalue weighted by Crippen LogP contribution is -2.36. The van der Waals surface area contributed by atoms with Crippen LogP contribution in [0.25, 0.3) is 0 Å². The number of hydrogen-bond donors (Lipinski definition) is 2. The van der Waals surface area contributed by atoms with Gasteiger partial charge >= 0.3 is 0 Å². The largest absolute Gasteiger partial charge is 0.394 e. The van der Waals surface area contributed by atoms with Crippen LogP contribution in [0.3, 0.4) is 0 Å². The van der Waals surface area contributed by atoms with Crippen LogP contribution in [0, 0.1) is 17.8 Å². The molecular weight excluding hydrogens is 190 g/mol. The summed E-state index contributed by atoms with van der Waals surface area (Å²) in [5.74, 6) is 2.46. The van der Waals surface area contributed by atoms with E-state index in [1.807, 2.05) is 6.92 Å². The number of amides is 1. The summed E-state index contributed by atoms with van der Waals surface area (Å²) >= 11 is 0. The van der Waals surface area contributed by atoms with Crippen LogP contribution in [0.1, 0.15) is 39.0 Å². The average Bonchev–Trinajstić information content (AvgIpc) is 2.78. The third-order valence-electron chi connectivity index (χ3n) is 4.01. The molecular formula is C12H21NO2. The monoisotopic (exact) mass is 211 g/mol. The van der Waals surface area contributed by atoms with E-state index in [2.05, 4.69) is 5.32 Å². The van der Waals surface area contributed by atoms with Crippen LogP contribution in [0.4, 0.5) is 0 Å². The lowest BCUT2D eigenvalue weighted by atomic mass is 9.86. The van der Waals surface area contributed by atoms with E-state index in [1.54, 1.807) is 0 Å². The zero-order valence-electron chi connectivity index (χ0n) is 9.41. The quantitative estimate of drug-likeness (QED) is 0.736. The van der Waals surface area contributed by atoms with E-state index in [9.17, 15) is 4.79 Å². The fourth-order valence-corrected chi connectivity index (χ4v) is 3.24. The summed E-state index contributed by atoms with van der Waals surface area (Å²) in [6.07, 6.45) is 6.00. The van der Waals surface area contributed by atoms with Gasteiger partial charge in [-0.2, -0.15) is 0 Å². The first-order valence-corrected chi connectivity index (χ1v) is 6.09. The van der Waals surface area contributed by atoms with Crippen molar-refractivity contribution >= 4 is 5.91 Å². The minimum Gasteiger partial charge on any atom is -0.394 e. The first kappa shape index (κ1) is 10.9. The zero-order valence-corrected chi connectivity index (χ0v) is 9.41. The molecule has 2 saturated carbocycles. The molecule has 2 aliphatic carbocycles. The smallest absolute Gasteiger partial charge is 0.220 e. The minimum atomic E-state index is -0.101. The van der Waals surface area contributed by atoms with Crippen molar-refractivity contribution in [2.75, 3.05) is 6.61 Å². The van der Waals surface area contributed by atoms with Gasteiger partial charge in [0.05, 0.1) is 6.61 Å². The molecule has 2 fully saturated rings. The predicted molar refractivity (Wildman–Crippen MR) is 58.2 cm³/mol. The van der Waals surface area contributed by atoms with Gasteiger partial charge in [-0.05, 0) is 43.9 Å². The number of aliphatic hydroxyl groups excluding tert-OH is 1. The molecule has 0 aromatic carbocycles. The summed E-state index contributed by atoms with van der Waals surface area (Å²) in [4.78, 5) is 11.6. The SMILES string of the molecule is C[C@H](CO)NC(=O)CC1CC2CCC1C2. The standard InChI is InChI=1S/C12H21NO2/c1-8(7-14)13-12(15)6-11-5-9-2-3-10(11)4-9/h8-11,14H,2-7H2,1H3,(H,13,15)/t8-,9?,10?,11?/m1/s1. The molecule has 15 heavy (non-hydrogen) atoms. The van der Waals surface area contributed by atoms with Crippen molar-refractivity contribution in [3.05, 3.63) is 0 Å². The molecule has 2 bridgehead atoms. The number of hydrogen-bond acceptors (Lipinski definition) is 2. The number of aliphatic hydroxyl groups is 1. The average molecular weight is 211 g/mol. The van der Waals surface area contributed by atoms with Gasteiger partial charge in [-0.15, -0.1) is 0 Å². The Morgan fingerprint density at radius 2 is 2.27 bits per heavy atom. The van der Waals surface area contributed by atoms with Crippen LogP contribution < -0.4 is 5.32 Å². The Labute approximate surface area is 91.2 Å². The van der Waals surface area contributed by atoms with E-state index in [4.69, 9.17) is 5.11 Å². The van der Waals surface area contributed by atoms with Crippen molar-refractivity contribution in [2.45, 2.75) is 45.1 Å². The molecule has 1 amide bonds. The van der Waals surface area contributed by atoms with E-state index in [0.717, 1.165) is 11.8 Å². The first-order valence-electron chi connectivity index (χ1n) is 6.09. The molecule has 3 nitrogen and oxygen atoms in total. The molecule has 86 valence electrons. The Balaban J connectivity index is 1.75. The molecule has 2 rings (SSSR count). The van der Waals surface area contributed by atoms with Crippen molar-refractivity contribution in [1.82, 2.24) is 5.32 Å². The van der Waals surface area contributed by atoms with Gasteiger partial charge in [0.15, 0.2) is 0 Å². The maximum atomic E-state index is 11.6. The highest BCUT2D eigenvalue weighted by Crippen LogP contribution is 2.49. The van der Waals surface area contributed by atoms with Gasteiger partial charge in [0.25, 0.3) is 0 Å². The molecule has 3 unspecified atom stereocenters. The highest BCUT2D eigenvalue weighted by atomic mass is 16.3. The van der Waals surface area contributed by atoms with Crippen molar-refractivity contribution in [2.24, 2.45) is 17.8 Å². The number of carbonyl (C=O) groups is 1. The van der Waals surface area contributed by atoms with Gasteiger partial charge in [-0.3, -0.25) is 4.79 Å². The molecule has 3 heteroatoms. The molecule has 0 aromatic rings. The highest BCUT2D eigenvalue weighted by molar-refractivity contribution is 5.76. The van der Waals surface area contributed by atoms with Crippen LogP contribution in [0.5, 0.6) is 0 Å². The molecule has 0 spiro atoms. The van der Waals surface area contributed by atoms with Crippen molar-refractivity contribution in [3.8, 4) is 0 Å². The second kappa shape index (κ2) is 4.52. The van der Waals surface area contributed by atoms with Crippen molar-refractivity contribution in [3.63, 3.8) is 0 Å². The van der Waals surface area contributed by atoms with E-state index in [1.165, 1.54) is 25.7 Å². The van der Waals surface area contributed by atoms with Gasteiger partial charge in [-0.1, -0.05) is 6.42 Å². The number of rotatable bonds is 4. The summed E-state index contributed by atoms with van der Waals surface area (Å²) in [5.41, 5.74) is 0. The summed E-state index contributed by atoms with van der Waals surface area (Å²) in [6.45, 7) is 1.86. The van der Waals surface area contributed by atoms with Gasteiger partial charge < -0.3 is 10.4 Å². The number of fused-ring (bicyclic) bond motifs is 2. The molecule has 4 atom stereocenters. The molecule has 0 saturated heterocycles. The normalized spacial score (nSPS) is 35.5. The first-order chi connectivity index (χ1) is 7.19. The van der Waals surface area contributed by atoms with Crippen LogP contribution in [-0.2, 0) is 4.79 Å². The minimum absolute atomic E-state index is 0.0302. The van der Waals surface area contributed by atoms with Crippen LogP contribution in [0.15, 0.2) is 0 Å². The fourth-order valence-electron chi connectivity index (χ4n) is 3.24. The van der Waals surface area contributed by atoms with Crippen molar-refractivity contribution < 1.29 is 9.90 Å². The maximum Gasteiger partial charge on any atom is 0.220 e. The Morgan fingerprint density at radius 3 is 2.80 bits per heavy atom. The third-order valence-corrected chi connectivity index (χ3v) is 4.01. The summed E-state index contributed by atoms with van der Waals surface area (Å²) < 4.78 is 0. The zero-order chi connectivity index (χ0) is 10.8. The van der Waals surface area contributed by atoms with E-state index >= 15 is 0 Å². The van der Waals surface area contributed by atoms with Crippen LogP contribution >= 0.6 is 0 Å². The van der Waals surface area contributed by atoms with E-state index < -0.39 is 0 Å². The molecule has 2 aliphatic rings. The van der Waals surface area contributed by atoms with Crippen molar-refractivity contribution in [1.29, 1.82) is 0 Å². The Morgan fingerprint density at radius 1 is 1.47 bits per heavy atom. The lowest BCUT2D eigenvalue weighted by Gasteiger charge is -2.21. The van der Waals surface area contributed by atoms with E-state index in [0.29, 0.717) is 12.3 Å². The molecule has 2 N–H and O–H groups in total. The summed E-state index contributed by atoms with van der Waals surface area (Å²) in [5, 5.41) is 11.7. The second-order valence-corrected chi connectivity index (χ2v) is 5.29. The molecule has 0 radical (unpaired) electrons. The fraction of sp³-hybridized carbons (Fsp3) is 0.917. The Bertz CT molecular complexity index is 242. The third kappa shape index (κ3) is 2.51. The van der Waals surface area contributed by atoms with E-state index in [-0.39, 0.29) is 18.6 Å². The van der Waals surface area contributed by atoms with Gasteiger partial charge in [0.2, 0.25) is 5.91 Å². The Hall–Kier alpha value is -0.570. The topological polar surface area (TPSA) is 49.3 Å². The van der Waals surface area contributed by atoms with Crippen LogP contribution in [-0.4, -0.2) is 23.7 Å². The highest BCUT2D eigenvalue weighted by Gasteiger charge is 2.40. The maximum absolute atomic E-state index is 11.6. The molecule has 0 aliphatic heterocycles. The Kier molecular flexibility index (Phi) is 3.29. The lowest BCUT2D eigenvalue weighted by molar-refractivity contribution is -0.123. The predicted octanol–water partition coefficient (Wildman–Crippen LogP) is 1.31. The number of nitrogens with one attached hydrogen (secondary N) is 1. The summed E-state index contributed by atoms with van der Waals surface area (Å²) in [6, 6.07) is -0.101. The van der Waals surface area contributed by atoms with Gasteiger partial charge in [0, 0.05) is 12.5 Å². The summed E-state index contributed by atoms with van der Waals surface area (Å²) in [7, 11) is 0. The second-order valence-electron chi connectivity index (χ2n) is 5.29. The molecule has 0 heterocycles. The number of carbonyl (C=O) groups excluding carboxylic acids is 1. The van der Waals surface area contributed by atoms with Gasteiger partial charge in [0.1, 0.15) is 0 Å². The van der Waals surface area contributed by atoms with Gasteiger partial charge in [-0.25, -0.2) is 0 Å².